The summed E-state index contributed by atoms with van der Waals surface area (Å²) in [4.78, 5) is 5.15. The van der Waals surface area contributed by atoms with Gasteiger partial charge in [0.1, 0.15) is 0 Å². The van der Waals surface area contributed by atoms with Crippen molar-refractivity contribution in [3.05, 3.63) is 557 Å². The fraction of sp³-hybridized carbons (Fsp3) is 0.145. The summed E-state index contributed by atoms with van der Waals surface area (Å²) in [6.07, 6.45) is 9.84. The van der Waals surface area contributed by atoms with Crippen LogP contribution < -0.4 is 9.80 Å². The molecule has 3 aliphatic rings. The first kappa shape index (κ1) is 89.5. The van der Waals surface area contributed by atoms with Crippen molar-refractivity contribution in [3.63, 3.8) is 0 Å². The standard InChI is InChI=1S/C138H118N2/c1-133(2,3)99-52-41-56-103(87-99)137(104-57-42-53-100(88-104)134(4,5)6)126-74-36-31-70-120(126)122-86-84-109(92-129(122)137)140(132-78-40-35-73-125(132)118-68-30-28-66-116(118)114-64-26-24-61-111(114)97-49-19-14-20-50-97)131-77-39-33-71-123(131)112-62-22-21-51-98(112)93-136(10,11)102-55-44-59-106(90-102)138(105-58-43-54-101(89-105)135(7,8)9)127-75-37-32-69-119(127)121-85-83-108(91-128(121)138)139(107-81-79-95(80-82-107)94-45-15-12-16-46-94)130-76-38-34-72-124(130)117-67-29-27-65-115(117)113-63-25-23-60-110(113)96-47-17-13-18-48-96/h12-13,15-19,21-92H,14,20,93H2,1-11H3. The number of hydrogen-bond donors (Lipinski definition) is 0. The number of benzene rings is 19. The molecule has 0 spiro atoms. The zero-order chi connectivity index (χ0) is 95.7. The van der Waals surface area contributed by atoms with E-state index in [1.165, 1.54) is 150 Å². The zero-order valence-electron chi connectivity index (χ0n) is 82.1. The van der Waals surface area contributed by atoms with Crippen LogP contribution in [0.15, 0.2) is 479 Å². The van der Waals surface area contributed by atoms with Gasteiger partial charge < -0.3 is 9.80 Å². The van der Waals surface area contributed by atoms with E-state index in [1.54, 1.807) is 0 Å². The molecule has 22 rings (SSSR count). The van der Waals surface area contributed by atoms with Gasteiger partial charge in [-0.3, -0.25) is 0 Å². The predicted molar refractivity (Wildman–Crippen MR) is 594 cm³/mol. The molecule has 140 heavy (non-hydrogen) atoms. The van der Waals surface area contributed by atoms with E-state index in [-0.39, 0.29) is 16.2 Å². The van der Waals surface area contributed by atoms with Gasteiger partial charge in [-0.1, -0.05) is 501 Å². The molecular weight excluding hydrogens is 1690 g/mol. The van der Waals surface area contributed by atoms with Crippen molar-refractivity contribution in [1.82, 2.24) is 0 Å². The van der Waals surface area contributed by atoms with E-state index in [0.29, 0.717) is 0 Å². The van der Waals surface area contributed by atoms with E-state index >= 15 is 0 Å². The average molecular weight is 1800 g/mol. The first-order valence-corrected chi connectivity index (χ1v) is 50.0. The molecule has 2 nitrogen and oxygen atoms in total. The van der Waals surface area contributed by atoms with Crippen LogP contribution in [0.4, 0.5) is 34.1 Å². The second-order valence-electron chi connectivity index (χ2n) is 42.2. The van der Waals surface area contributed by atoms with Gasteiger partial charge in [0.25, 0.3) is 0 Å². The lowest BCUT2D eigenvalue weighted by molar-refractivity contribution is 0.521. The Morgan fingerprint density at radius 3 is 0.971 bits per heavy atom. The van der Waals surface area contributed by atoms with Crippen LogP contribution in [0.3, 0.4) is 0 Å². The van der Waals surface area contributed by atoms with E-state index < -0.39 is 16.2 Å². The molecule has 1 unspecified atom stereocenters. The highest BCUT2D eigenvalue weighted by atomic mass is 15.2. The van der Waals surface area contributed by atoms with E-state index in [0.717, 1.165) is 86.8 Å². The molecule has 0 aromatic heterocycles. The minimum absolute atomic E-state index is 0.123. The number of nitrogens with zero attached hydrogens (tertiary/aromatic N) is 2. The number of hydrogen-bond acceptors (Lipinski definition) is 2. The van der Waals surface area contributed by atoms with Crippen molar-refractivity contribution in [2.45, 2.75) is 128 Å². The van der Waals surface area contributed by atoms with Crippen molar-refractivity contribution in [2.75, 3.05) is 9.80 Å². The minimum atomic E-state index is -0.816. The van der Waals surface area contributed by atoms with E-state index in [4.69, 9.17) is 0 Å². The number of fused-ring (bicyclic) bond motifs is 6. The van der Waals surface area contributed by atoms with Crippen molar-refractivity contribution < 1.29 is 0 Å². The molecule has 680 valence electrons. The van der Waals surface area contributed by atoms with Crippen LogP contribution in [0, 0.1) is 0 Å². The molecule has 1 atom stereocenters. The zero-order valence-corrected chi connectivity index (χ0v) is 82.1. The van der Waals surface area contributed by atoms with E-state index in [9.17, 15) is 0 Å². The third-order valence-corrected chi connectivity index (χ3v) is 30.0. The molecule has 19 aromatic carbocycles. The Bertz CT molecular complexity index is 7930. The van der Waals surface area contributed by atoms with Crippen LogP contribution in [0.2, 0.25) is 0 Å². The summed E-state index contributed by atoms with van der Waals surface area (Å²) < 4.78 is 0. The average Bonchev–Trinajstić information content (AvgIpc) is 1.53. The monoisotopic (exact) mass is 1800 g/mol. The highest BCUT2D eigenvalue weighted by Crippen LogP contribution is 2.62. The smallest absolute Gasteiger partial charge is 0.0714 e. The predicted octanol–water partition coefficient (Wildman–Crippen LogP) is 37.2. The van der Waals surface area contributed by atoms with Crippen molar-refractivity contribution in [3.8, 4) is 100 Å². The van der Waals surface area contributed by atoms with Crippen LogP contribution in [0.1, 0.15) is 167 Å². The van der Waals surface area contributed by atoms with Gasteiger partial charge in [-0.05, 0) is 262 Å². The maximum Gasteiger partial charge on any atom is 0.0714 e. The van der Waals surface area contributed by atoms with Crippen LogP contribution in [-0.2, 0) is 38.9 Å². The maximum absolute atomic E-state index is 2.62. The molecule has 0 saturated heterocycles. The number of allylic oxidation sites excluding steroid dienone is 4. The van der Waals surface area contributed by atoms with Gasteiger partial charge in [-0.25, -0.2) is 0 Å². The first-order valence-electron chi connectivity index (χ1n) is 50.0. The summed E-state index contributed by atoms with van der Waals surface area (Å²) in [5.74, 6) is 0. The normalized spacial score (nSPS) is 14.2. The maximum atomic E-state index is 2.62. The van der Waals surface area contributed by atoms with Gasteiger partial charge in [-0.15, -0.1) is 0 Å². The van der Waals surface area contributed by atoms with Gasteiger partial charge in [0.05, 0.1) is 27.9 Å². The first-order chi connectivity index (χ1) is 68.1. The Hall–Kier alpha value is -15.7. The Labute approximate surface area is 828 Å². The van der Waals surface area contributed by atoms with Crippen LogP contribution in [0.5, 0.6) is 0 Å². The summed E-state index contributed by atoms with van der Waals surface area (Å²) in [7, 11) is 0. The quantitative estimate of drug-likeness (QED) is 0.0707. The SMILES string of the molecule is CC(C)(C)c1cccc(C2(c3cccc(C(C)(C)Cc4ccccc4-c4ccccc4N(c4ccc5c(c4)C(c4cccc(C(C)(C)C)c4)(c4cccc(C(C)(C)C)c4)c4ccccc4-5)c4ccccc4-c4ccccc4-c4ccccc4C4=CCCC=C4)c3)c3ccccc3-c3ccc(N(c4ccc(-c5ccccc5)cc4)c4ccccc4-c4ccccc4-c4ccccc4-c4ccccc4)cc32)c1. The van der Waals surface area contributed by atoms with Crippen LogP contribution in [0.25, 0.3) is 106 Å². The van der Waals surface area contributed by atoms with Gasteiger partial charge in [0, 0.05) is 33.8 Å². The molecular formula is C138H118N2. The second-order valence-corrected chi connectivity index (χ2v) is 42.2. The molecule has 0 fully saturated rings. The third-order valence-electron chi connectivity index (χ3n) is 30.0. The third kappa shape index (κ3) is 16.0. The fourth-order valence-electron chi connectivity index (χ4n) is 23.0. The summed E-state index contributed by atoms with van der Waals surface area (Å²) in [6, 6.07) is 176. The molecule has 19 aromatic rings. The minimum Gasteiger partial charge on any atom is -0.310 e. The Kier molecular flexibility index (Phi) is 23.2. The molecule has 0 radical (unpaired) electrons. The molecule has 0 bridgehead atoms. The molecule has 0 heterocycles. The van der Waals surface area contributed by atoms with Crippen LogP contribution >= 0.6 is 0 Å². The van der Waals surface area contributed by atoms with E-state index in [2.05, 4.69) is 565 Å². The van der Waals surface area contributed by atoms with E-state index in [1.807, 2.05) is 0 Å². The van der Waals surface area contributed by atoms with Gasteiger partial charge in [-0.2, -0.15) is 0 Å². The number of para-hydroxylation sites is 3. The Balaban J connectivity index is 0.718. The molecule has 0 saturated carbocycles. The van der Waals surface area contributed by atoms with Gasteiger partial charge >= 0.3 is 0 Å². The molecule has 0 aliphatic heterocycles. The number of anilines is 6. The Morgan fingerprint density at radius 2 is 0.529 bits per heavy atom. The molecule has 0 N–H and O–H groups in total. The molecule has 2 heteroatoms. The van der Waals surface area contributed by atoms with Crippen molar-refractivity contribution >= 4 is 39.7 Å². The lowest BCUT2D eigenvalue weighted by Gasteiger charge is -2.37. The second kappa shape index (κ2) is 36.3. The lowest BCUT2D eigenvalue weighted by atomic mass is 9.65. The van der Waals surface area contributed by atoms with Crippen molar-refractivity contribution in [2.24, 2.45) is 0 Å². The summed E-state index contributed by atoms with van der Waals surface area (Å²) >= 11 is 0. The Morgan fingerprint density at radius 1 is 0.214 bits per heavy atom. The highest BCUT2D eigenvalue weighted by Gasteiger charge is 2.50. The molecule has 3 aliphatic carbocycles. The highest BCUT2D eigenvalue weighted by molar-refractivity contribution is 6.03. The summed E-state index contributed by atoms with van der Waals surface area (Å²) in [5, 5.41) is 0. The largest absolute Gasteiger partial charge is 0.310 e. The number of rotatable bonds is 21. The van der Waals surface area contributed by atoms with Gasteiger partial charge in [0.2, 0.25) is 0 Å². The van der Waals surface area contributed by atoms with Crippen LogP contribution in [-0.4, -0.2) is 0 Å². The fourth-order valence-corrected chi connectivity index (χ4v) is 23.0. The lowest BCUT2D eigenvalue weighted by Crippen LogP contribution is -2.30. The topological polar surface area (TPSA) is 6.48 Å². The molecule has 0 amide bonds. The van der Waals surface area contributed by atoms with Gasteiger partial charge in [0.15, 0.2) is 0 Å². The summed E-state index contributed by atoms with van der Waals surface area (Å²) in [5.41, 5.74) is 44.1. The van der Waals surface area contributed by atoms with Crippen molar-refractivity contribution in [1.29, 1.82) is 0 Å². The summed E-state index contributed by atoms with van der Waals surface area (Å²) in [6.45, 7) is 26.1.